The number of ether oxygens (including phenoxy) is 2. The minimum absolute atomic E-state index is 0.160. The molecule has 1 rings (SSSR count). The zero-order valence-corrected chi connectivity index (χ0v) is 37.2. The summed E-state index contributed by atoms with van der Waals surface area (Å²) in [5, 5.41) is 54.4. The molecule has 0 aromatic heterocycles. The Hall–Kier alpha value is -2.37. The molecule has 1 aliphatic rings. The van der Waals surface area contributed by atoms with Crippen molar-refractivity contribution in [3.8, 4) is 0 Å². The topological polar surface area (TPSA) is 149 Å². The third-order valence-electron chi connectivity index (χ3n) is 10.8. The van der Waals surface area contributed by atoms with Crippen LogP contribution < -0.4 is 5.32 Å². The molecule has 0 aliphatic carbocycles. The van der Waals surface area contributed by atoms with Gasteiger partial charge in [0.25, 0.3) is 0 Å². The number of carbonyl (C=O) groups is 1. The molecule has 0 spiro atoms. The monoisotopic (exact) mass is 830 g/mol. The summed E-state index contributed by atoms with van der Waals surface area (Å²) in [6.45, 7) is 3.68. The van der Waals surface area contributed by atoms with Gasteiger partial charge in [0.1, 0.15) is 24.4 Å². The predicted molar refractivity (Wildman–Crippen MR) is 244 cm³/mol. The van der Waals surface area contributed by atoms with E-state index in [1.807, 2.05) is 0 Å². The number of hydrogen-bond donors (Lipinski definition) is 6. The normalized spacial score (nSPS) is 21.4. The molecule has 0 aromatic carbocycles. The second-order valence-corrected chi connectivity index (χ2v) is 16.2. The van der Waals surface area contributed by atoms with Crippen molar-refractivity contribution in [1.29, 1.82) is 0 Å². The van der Waals surface area contributed by atoms with Crippen molar-refractivity contribution in [2.24, 2.45) is 0 Å². The Bertz CT molecular complexity index is 1150. The van der Waals surface area contributed by atoms with Crippen molar-refractivity contribution in [2.45, 2.75) is 224 Å². The van der Waals surface area contributed by atoms with E-state index in [2.05, 4.69) is 92.1 Å². The van der Waals surface area contributed by atoms with Gasteiger partial charge in [-0.2, -0.15) is 0 Å². The average molecular weight is 830 g/mol. The Labute approximate surface area is 359 Å². The first-order valence-corrected chi connectivity index (χ1v) is 23.6. The van der Waals surface area contributed by atoms with Gasteiger partial charge >= 0.3 is 0 Å². The first-order chi connectivity index (χ1) is 28.8. The molecule has 1 aliphatic heterocycles. The van der Waals surface area contributed by atoms with Crippen LogP contribution in [0.15, 0.2) is 72.9 Å². The van der Waals surface area contributed by atoms with Crippen LogP contribution >= 0.6 is 0 Å². The third-order valence-corrected chi connectivity index (χ3v) is 10.8. The standard InChI is InChI=1S/C50H87NO8/c1-3-5-7-9-11-13-15-17-19-20-21-22-23-24-26-28-30-32-34-36-38-40-46(54)51-43(42-58-50-49(57)48(56)47(55)45(41-52)59-50)44(53)39-37-35-33-31-29-27-25-18-16-14-12-10-8-6-4-2/h5,7,11,13,17,19,21-22,24,26,30,32,43-45,47-50,52-53,55-57H,3-4,6,8-10,12,14-16,18,20,23,25,27-29,31,33-42H2,1-2H3,(H,51,54)/b7-5-,13-11-,19-17-,22-21-,26-24-,32-30-. The maximum absolute atomic E-state index is 13.0. The fraction of sp³-hybridized carbons (Fsp3) is 0.740. The molecule has 0 bridgehead atoms. The van der Waals surface area contributed by atoms with Crippen molar-refractivity contribution >= 4 is 5.91 Å². The zero-order valence-electron chi connectivity index (χ0n) is 37.2. The molecule has 59 heavy (non-hydrogen) atoms. The first-order valence-electron chi connectivity index (χ1n) is 23.6. The molecule has 340 valence electrons. The molecule has 1 saturated heterocycles. The molecule has 1 heterocycles. The molecule has 0 aromatic rings. The van der Waals surface area contributed by atoms with Crippen LogP contribution in [-0.2, 0) is 14.3 Å². The Kier molecular flexibility index (Phi) is 36.8. The van der Waals surface area contributed by atoms with E-state index in [1.54, 1.807) is 0 Å². The lowest BCUT2D eigenvalue weighted by atomic mass is 9.99. The van der Waals surface area contributed by atoms with Crippen molar-refractivity contribution in [2.75, 3.05) is 13.2 Å². The van der Waals surface area contributed by atoms with Crippen molar-refractivity contribution in [3.05, 3.63) is 72.9 Å². The quantitative estimate of drug-likeness (QED) is 0.0266. The predicted octanol–water partition coefficient (Wildman–Crippen LogP) is 10.2. The van der Waals surface area contributed by atoms with E-state index < -0.39 is 49.5 Å². The highest BCUT2D eigenvalue weighted by Crippen LogP contribution is 2.23. The van der Waals surface area contributed by atoms with Gasteiger partial charge < -0.3 is 40.3 Å². The molecular formula is C50H87NO8. The number of allylic oxidation sites excluding steroid dienone is 12. The molecule has 9 nitrogen and oxygen atoms in total. The fourth-order valence-corrected chi connectivity index (χ4v) is 7.04. The van der Waals surface area contributed by atoms with Gasteiger partial charge in [0.15, 0.2) is 6.29 Å². The summed E-state index contributed by atoms with van der Waals surface area (Å²) in [6, 6.07) is -0.745. The van der Waals surface area contributed by atoms with Crippen LogP contribution in [-0.4, -0.2) is 87.5 Å². The van der Waals surface area contributed by atoms with Crippen LogP contribution in [0.25, 0.3) is 0 Å². The molecule has 0 radical (unpaired) electrons. The number of aliphatic hydroxyl groups is 5. The fourth-order valence-electron chi connectivity index (χ4n) is 7.04. The maximum Gasteiger partial charge on any atom is 0.220 e. The molecule has 9 heteroatoms. The lowest BCUT2D eigenvalue weighted by molar-refractivity contribution is -0.302. The highest BCUT2D eigenvalue weighted by molar-refractivity contribution is 5.76. The van der Waals surface area contributed by atoms with Crippen LogP contribution in [0, 0.1) is 0 Å². The highest BCUT2D eigenvalue weighted by Gasteiger charge is 2.44. The summed E-state index contributed by atoms with van der Waals surface area (Å²) in [5.41, 5.74) is 0. The Morgan fingerprint density at radius 1 is 0.593 bits per heavy atom. The third kappa shape index (κ3) is 30.3. The number of carbonyl (C=O) groups excluding carboxylic acids is 1. The highest BCUT2D eigenvalue weighted by atomic mass is 16.7. The van der Waals surface area contributed by atoms with Crippen LogP contribution in [0.1, 0.15) is 181 Å². The molecule has 7 unspecified atom stereocenters. The van der Waals surface area contributed by atoms with Gasteiger partial charge in [-0.05, 0) is 64.2 Å². The number of nitrogens with one attached hydrogen (secondary N) is 1. The van der Waals surface area contributed by atoms with Crippen molar-refractivity contribution in [3.63, 3.8) is 0 Å². The van der Waals surface area contributed by atoms with Crippen LogP contribution in [0.5, 0.6) is 0 Å². The summed E-state index contributed by atoms with van der Waals surface area (Å²) >= 11 is 0. The molecular weight excluding hydrogens is 743 g/mol. The van der Waals surface area contributed by atoms with Gasteiger partial charge in [-0.3, -0.25) is 4.79 Å². The summed E-state index contributed by atoms with van der Waals surface area (Å²) in [4.78, 5) is 13.0. The largest absolute Gasteiger partial charge is 0.394 e. The first kappa shape index (κ1) is 54.6. The van der Waals surface area contributed by atoms with E-state index in [9.17, 15) is 30.3 Å². The van der Waals surface area contributed by atoms with Gasteiger partial charge in [0.2, 0.25) is 5.91 Å². The van der Waals surface area contributed by atoms with Gasteiger partial charge in [-0.1, -0.05) is 183 Å². The molecule has 0 saturated carbocycles. The second-order valence-electron chi connectivity index (χ2n) is 16.2. The number of aliphatic hydroxyl groups excluding tert-OH is 5. The molecule has 1 fully saturated rings. The number of amides is 1. The van der Waals surface area contributed by atoms with Gasteiger partial charge in [-0.25, -0.2) is 0 Å². The van der Waals surface area contributed by atoms with E-state index in [4.69, 9.17) is 9.47 Å². The minimum Gasteiger partial charge on any atom is -0.394 e. The van der Waals surface area contributed by atoms with Crippen LogP contribution in [0.2, 0.25) is 0 Å². The van der Waals surface area contributed by atoms with E-state index in [0.29, 0.717) is 19.3 Å². The van der Waals surface area contributed by atoms with E-state index in [0.717, 1.165) is 70.6 Å². The number of rotatable bonds is 38. The van der Waals surface area contributed by atoms with Gasteiger partial charge in [0.05, 0.1) is 25.4 Å². The SMILES string of the molecule is CC/C=C\C/C=C\C/C=C\C/C=C\C/C=C\C/C=C\CCCCC(=O)NC(COC1OC(CO)C(O)C(O)C1O)C(O)CCCCCCCCCCCCCCCCC. The minimum atomic E-state index is -1.56. The van der Waals surface area contributed by atoms with E-state index >= 15 is 0 Å². The average Bonchev–Trinajstić information content (AvgIpc) is 3.23. The van der Waals surface area contributed by atoms with E-state index in [1.165, 1.54) is 77.0 Å². The molecule has 7 atom stereocenters. The van der Waals surface area contributed by atoms with E-state index in [-0.39, 0.29) is 12.5 Å². The van der Waals surface area contributed by atoms with Crippen LogP contribution in [0.4, 0.5) is 0 Å². The number of hydrogen-bond acceptors (Lipinski definition) is 8. The van der Waals surface area contributed by atoms with Crippen molar-refractivity contribution < 1.29 is 39.8 Å². The Balaban J connectivity index is 2.37. The smallest absolute Gasteiger partial charge is 0.220 e. The summed E-state index contributed by atoms with van der Waals surface area (Å²) in [5.74, 6) is -0.189. The summed E-state index contributed by atoms with van der Waals surface area (Å²) < 4.78 is 11.2. The summed E-state index contributed by atoms with van der Waals surface area (Å²) in [6.07, 6.45) is 46.2. The van der Waals surface area contributed by atoms with Gasteiger partial charge in [0, 0.05) is 6.42 Å². The lowest BCUT2D eigenvalue weighted by Crippen LogP contribution is -2.60. The maximum atomic E-state index is 13.0. The molecule has 6 N–H and O–H groups in total. The second kappa shape index (κ2) is 39.7. The Morgan fingerprint density at radius 3 is 1.53 bits per heavy atom. The molecule has 1 amide bonds. The zero-order chi connectivity index (χ0) is 43.0. The number of unbranched alkanes of at least 4 members (excludes halogenated alkanes) is 16. The lowest BCUT2D eigenvalue weighted by Gasteiger charge is -2.40. The summed E-state index contributed by atoms with van der Waals surface area (Å²) in [7, 11) is 0. The van der Waals surface area contributed by atoms with Crippen LogP contribution in [0.3, 0.4) is 0 Å². The Morgan fingerprint density at radius 2 is 1.05 bits per heavy atom. The van der Waals surface area contributed by atoms with Gasteiger partial charge in [-0.15, -0.1) is 0 Å². The van der Waals surface area contributed by atoms with Crippen molar-refractivity contribution in [1.82, 2.24) is 5.32 Å².